The van der Waals surface area contributed by atoms with Crippen LogP contribution in [-0.2, 0) is 17.3 Å². The van der Waals surface area contributed by atoms with Gasteiger partial charge in [0.2, 0.25) is 0 Å². The molecule has 1 saturated carbocycles. The molecular weight excluding hydrogens is 458 g/mol. The molecule has 0 spiro atoms. The Bertz CT molecular complexity index is 1580. The van der Waals surface area contributed by atoms with Gasteiger partial charge in [-0.05, 0) is 95.7 Å². The topological polar surface area (TPSA) is 3.24 Å². The second-order valence-corrected chi connectivity index (χ2v) is 11.7. The van der Waals surface area contributed by atoms with Gasteiger partial charge in [0.25, 0.3) is 0 Å². The largest absolute Gasteiger partial charge is 0.313 e. The summed E-state index contributed by atoms with van der Waals surface area (Å²) in [5, 5.41) is 0. The molecule has 0 N–H and O–H groups in total. The summed E-state index contributed by atoms with van der Waals surface area (Å²) in [7, 11) is 0. The smallest absolute Gasteiger partial charge is 0.0461 e. The summed E-state index contributed by atoms with van der Waals surface area (Å²) in [6, 6.07) is 36.4. The van der Waals surface area contributed by atoms with Crippen molar-refractivity contribution >= 4 is 11.4 Å². The number of fused-ring (bicyclic) bond motifs is 4. The van der Waals surface area contributed by atoms with E-state index >= 15 is 0 Å². The van der Waals surface area contributed by atoms with Gasteiger partial charge in [-0.1, -0.05) is 104 Å². The summed E-state index contributed by atoms with van der Waals surface area (Å²) in [4.78, 5) is 2.54. The summed E-state index contributed by atoms with van der Waals surface area (Å²) in [5.41, 5.74) is 12.5. The average molecular weight is 494 g/mol. The Morgan fingerprint density at radius 3 is 2.34 bits per heavy atom. The number of nitrogens with zero attached hydrogens (tertiary/aromatic N) is 1. The molecule has 3 aliphatic rings. The highest BCUT2D eigenvalue weighted by molar-refractivity contribution is 5.80. The molecule has 0 aromatic heterocycles. The minimum Gasteiger partial charge on any atom is -0.313 e. The quantitative estimate of drug-likeness (QED) is 0.268. The van der Waals surface area contributed by atoms with E-state index in [1.165, 1.54) is 50.5 Å². The Balaban J connectivity index is 1.41. The molecule has 0 saturated heterocycles. The van der Waals surface area contributed by atoms with Crippen molar-refractivity contribution in [3.63, 3.8) is 0 Å². The highest BCUT2D eigenvalue weighted by Gasteiger charge is 2.59. The van der Waals surface area contributed by atoms with E-state index in [0.29, 0.717) is 5.92 Å². The minimum atomic E-state index is 0.0291. The molecule has 4 aromatic carbocycles. The third-order valence-corrected chi connectivity index (χ3v) is 9.47. The van der Waals surface area contributed by atoms with E-state index in [-0.39, 0.29) is 10.8 Å². The van der Waals surface area contributed by atoms with Crippen LogP contribution in [0.2, 0.25) is 0 Å². The van der Waals surface area contributed by atoms with Crippen LogP contribution in [0.1, 0.15) is 48.9 Å². The van der Waals surface area contributed by atoms with Gasteiger partial charge in [0, 0.05) is 22.5 Å². The third kappa shape index (κ3) is 3.45. The van der Waals surface area contributed by atoms with Gasteiger partial charge < -0.3 is 4.90 Å². The van der Waals surface area contributed by atoms with Gasteiger partial charge >= 0.3 is 0 Å². The van der Waals surface area contributed by atoms with Crippen LogP contribution in [0.5, 0.6) is 0 Å². The average Bonchev–Trinajstić information content (AvgIpc) is 3.72. The molecule has 1 heteroatoms. The summed E-state index contributed by atoms with van der Waals surface area (Å²) in [6.45, 7) is 6.94. The first-order chi connectivity index (χ1) is 18.5. The van der Waals surface area contributed by atoms with Crippen molar-refractivity contribution in [1.29, 1.82) is 0 Å². The lowest BCUT2D eigenvalue weighted by Crippen LogP contribution is -2.30. The van der Waals surface area contributed by atoms with Crippen molar-refractivity contribution in [2.75, 3.05) is 4.90 Å². The van der Waals surface area contributed by atoms with Crippen LogP contribution < -0.4 is 4.90 Å². The lowest BCUT2D eigenvalue weighted by Gasteiger charge is -2.39. The van der Waals surface area contributed by atoms with E-state index in [1.54, 1.807) is 0 Å². The Kier molecular flexibility index (Phi) is 5.27. The van der Waals surface area contributed by atoms with Crippen molar-refractivity contribution < 1.29 is 0 Å². The molecule has 7 rings (SSSR count). The normalized spacial score (nSPS) is 24.6. The van der Waals surface area contributed by atoms with Gasteiger partial charge in [-0.3, -0.25) is 0 Å². The van der Waals surface area contributed by atoms with Crippen molar-refractivity contribution in [2.45, 2.75) is 50.9 Å². The van der Waals surface area contributed by atoms with E-state index in [1.807, 2.05) is 0 Å². The Morgan fingerprint density at radius 1 is 0.816 bits per heavy atom. The molecule has 4 aromatic rings. The van der Waals surface area contributed by atoms with Crippen molar-refractivity contribution in [3.05, 3.63) is 143 Å². The van der Waals surface area contributed by atoms with E-state index < -0.39 is 0 Å². The van der Waals surface area contributed by atoms with Crippen LogP contribution in [0.25, 0.3) is 11.1 Å². The Hall–Kier alpha value is -3.84. The van der Waals surface area contributed by atoms with Crippen LogP contribution in [0.4, 0.5) is 11.4 Å². The molecule has 0 heterocycles. The fraction of sp³-hybridized carbons (Fsp3) is 0.243. The number of allylic oxidation sites excluding steroid dienone is 4. The number of rotatable bonds is 5. The van der Waals surface area contributed by atoms with Gasteiger partial charge in [0.1, 0.15) is 0 Å². The number of hydrogen-bond donors (Lipinski definition) is 0. The van der Waals surface area contributed by atoms with Crippen molar-refractivity contribution in [1.82, 2.24) is 0 Å². The zero-order valence-electron chi connectivity index (χ0n) is 22.6. The fourth-order valence-corrected chi connectivity index (χ4v) is 7.06. The first kappa shape index (κ1) is 23.3. The molecule has 1 fully saturated rings. The molecular formula is C37H35N. The number of aryl methyl sites for hydroxylation is 1. The maximum absolute atomic E-state index is 2.54. The number of benzene rings is 4. The molecule has 38 heavy (non-hydrogen) atoms. The zero-order valence-corrected chi connectivity index (χ0v) is 22.6. The second-order valence-electron chi connectivity index (χ2n) is 11.7. The van der Waals surface area contributed by atoms with Gasteiger partial charge in [0.15, 0.2) is 0 Å². The van der Waals surface area contributed by atoms with Crippen LogP contribution in [0.15, 0.2) is 121 Å². The van der Waals surface area contributed by atoms with Gasteiger partial charge in [-0.25, -0.2) is 0 Å². The lowest BCUT2D eigenvalue weighted by molar-refractivity contribution is 0.448. The minimum absolute atomic E-state index is 0.0291. The van der Waals surface area contributed by atoms with E-state index in [2.05, 4.69) is 141 Å². The number of anilines is 2. The summed E-state index contributed by atoms with van der Waals surface area (Å²) < 4.78 is 0. The van der Waals surface area contributed by atoms with Crippen LogP contribution >= 0.6 is 0 Å². The molecule has 3 aliphatic carbocycles. The van der Waals surface area contributed by atoms with E-state index in [4.69, 9.17) is 0 Å². The van der Waals surface area contributed by atoms with Gasteiger partial charge in [-0.15, -0.1) is 0 Å². The highest BCUT2D eigenvalue weighted by atomic mass is 15.2. The van der Waals surface area contributed by atoms with Gasteiger partial charge in [0.05, 0.1) is 0 Å². The summed E-state index contributed by atoms with van der Waals surface area (Å²) in [6.07, 6.45) is 10.4. The summed E-state index contributed by atoms with van der Waals surface area (Å²) in [5.74, 6) is 0.547. The maximum Gasteiger partial charge on any atom is 0.0461 e. The fourth-order valence-electron chi connectivity index (χ4n) is 7.06. The zero-order chi connectivity index (χ0) is 25.9. The SMILES string of the molecule is CCC1(C)Cc2cc(N(C3=CC=CC4CC34c3ccccc3)c3ccc(C)cc3)ccc2-c2ccccc21. The molecule has 0 bridgehead atoms. The maximum atomic E-state index is 2.54. The highest BCUT2D eigenvalue weighted by Crippen LogP contribution is 2.63. The van der Waals surface area contributed by atoms with Crippen LogP contribution in [0, 0.1) is 12.8 Å². The first-order valence-corrected chi connectivity index (χ1v) is 14.1. The molecule has 1 nitrogen and oxygen atoms in total. The van der Waals surface area contributed by atoms with Crippen molar-refractivity contribution in [3.8, 4) is 11.1 Å². The Labute approximate surface area is 227 Å². The Morgan fingerprint density at radius 2 is 1.55 bits per heavy atom. The predicted octanol–water partition coefficient (Wildman–Crippen LogP) is 9.44. The molecule has 0 amide bonds. The molecule has 3 atom stereocenters. The monoisotopic (exact) mass is 493 g/mol. The molecule has 0 aliphatic heterocycles. The lowest BCUT2D eigenvalue weighted by atomic mass is 9.67. The van der Waals surface area contributed by atoms with Gasteiger partial charge in [-0.2, -0.15) is 0 Å². The second kappa shape index (κ2) is 8.60. The third-order valence-electron chi connectivity index (χ3n) is 9.47. The van der Waals surface area contributed by atoms with E-state index in [9.17, 15) is 0 Å². The molecule has 0 radical (unpaired) electrons. The standard InChI is InChI=1S/C37H35N/c1-4-36(3)24-27-23-31(21-22-32(27)33-14-8-9-15-34(33)36)38(30-19-17-26(2)18-20-30)35-16-10-13-29-25-37(29,35)28-11-6-5-7-12-28/h5-23,29H,4,24-25H2,1-3H3. The van der Waals surface area contributed by atoms with Crippen molar-refractivity contribution in [2.24, 2.45) is 5.92 Å². The first-order valence-electron chi connectivity index (χ1n) is 14.1. The van der Waals surface area contributed by atoms with Crippen LogP contribution in [-0.4, -0.2) is 0 Å². The summed E-state index contributed by atoms with van der Waals surface area (Å²) >= 11 is 0. The van der Waals surface area contributed by atoms with E-state index in [0.717, 1.165) is 19.3 Å². The molecule has 3 unspecified atom stereocenters. The predicted molar refractivity (Wildman–Crippen MR) is 160 cm³/mol. The van der Waals surface area contributed by atoms with Crippen LogP contribution in [0.3, 0.4) is 0 Å². The molecule has 188 valence electrons. The number of hydrogen-bond acceptors (Lipinski definition) is 1.